The molecule has 1 heterocycles. The molecule has 0 saturated carbocycles. The fourth-order valence-electron chi connectivity index (χ4n) is 1.95. The highest BCUT2D eigenvalue weighted by Crippen LogP contribution is 2.36. The third kappa shape index (κ3) is 2.84. The largest absolute Gasteiger partial charge is 0.393 e. The summed E-state index contributed by atoms with van der Waals surface area (Å²) in [6.45, 7) is 0.437. The van der Waals surface area contributed by atoms with Crippen molar-refractivity contribution in [3.05, 3.63) is 0 Å². The minimum absolute atomic E-state index is 0.0956. The molecule has 1 aliphatic rings. The van der Waals surface area contributed by atoms with E-state index in [1.807, 2.05) is 0 Å². The van der Waals surface area contributed by atoms with E-state index in [0.29, 0.717) is 6.54 Å². The van der Waals surface area contributed by atoms with Gasteiger partial charge in [0.2, 0.25) is 5.91 Å². The molecule has 0 aromatic heterocycles. The summed E-state index contributed by atoms with van der Waals surface area (Å²) in [5.74, 6) is -2.99. The van der Waals surface area contributed by atoms with Crippen LogP contribution in [0.1, 0.15) is 6.42 Å². The maximum atomic E-state index is 12.7. The molecule has 88 valence electrons. The number of alkyl halides is 3. The minimum Gasteiger partial charge on any atom is -0.359 e. The van der Waals surface area contributed by atoms with Crippen LogP contribution in [0.25, 0.3) is 0 Å². The molecule has 6 heteroatoms. The van der Waals surface area contributed by atoms with Crippen molar-refractivity contribution < 1.29 is 18.0 Å². The van der Waals surface area contributed by atoms with Crippen molar-refractivity contribution >= 4 is 5.91 Å². The van der Waals surface area contributed by atoms with Gasteiger partial charge in [-0.2, -0.15) is 13.2 Å². The van der Waals surface area contributed by atoms with Crippen LogP contribution in [0.3, 0.4) is 0 Å². The summed E-state index contributed by atoms with van der Waals surface area (Å²) in [7, 11) is 3.01. The SMILES string of the molecule is CNC(=O)C1CCN(C)CC1C(F)(F)F. The summed E-state index contributed by atoms with van der Waals surface area (Å²) < 4.78 is 38.0. The van der Waals surface area contributed by atoms with Crippen molar-refractivity contribution in [1.82, 2.24) is 10.2 Å². The smallest absolute Gasteiger partial charge is 0.359 e. The molecule has 0 aliphatic carbocycles. The molecule has 1 aliphatic heterocycles. The lowest BCUT2D eigenvalue weighted by Gasteiger charge is -2.36. The monoisotopic (exact) mass is 224 g/mol. The third-order valence-electron chi connectivity index (χ3n) is 2.82. The Balaban J connectivity index is 2.80. The molecule has 0 bridgehead atoms. The van der Waals surface area contributed by atoms with E-state index in [1.54, 1.807) is 11.9 Å². The quantitative estimate of drug-likeness (QED) is 0.716. The molecule has 0 spiro atoms. The predicted molar refractivity (Wildman–Crippen MR) is 49.2 cm³/mol. The first-order chi connectivity index (χ1) is 6.86. The van der Waals surface area contributed by atoms with E-state index in [-0.39, 0.29) is 13.0 Å². The van der Waals surface area contributed by atoms with Gasteiger partial charge in [-0.25, -0.2) is 0 Å². The predicted octanol–water partition coefficient (Wildman–Crippen LogP) is 0.863. The topological polar surface area (TPSA) is 32.3 Å². The first kappa shape index (κ1) is 12.3. The fourth-order valence-corrected chi connectivity index (χ4v) is 1.95. The second-order valence-corrected chi connectivity index (χ2v) is 3.92. The van der Waals surface area contributed by atoms with E-state index < -0.39 is 23.9 Å². The second kappa shape index (κ2) is 4.38. The van der Waals surface area contributed by atoms with Crippen molar-refractivity contribution in [2.45, 2.75) is 12.6 Å². The van der Waals surface area contributed by atoms with Crippen LogP contribution in [0, 0.1) is 11.8 Å². The summed E-state index contributed by atoms with van der Waals surface area (Å²) in [4.78, 5) is 12.9. The van der Waals surface area contributed by atoms with Crippen molar-refractivity contribution in [2.24, 2.45) is 11.8 Å². The number of likely N-dealkylation sites (tertiary alicyclic amines) is 1. The van der Waals surface area contributed by atoms with E-state index >= 15 is 0 Å². The highest BCUT2D eigenvalue weighted by molar-refractivity contribution is 5.78. The van der Waals surface area contributed by atoms with Gasteiger partial charge < -0.3 is 10.2 Å². The lowest BCUT2D eigenvalue weighted by molar-refractivity contribution is -0.202. The highest BCUT2D eigenvalue weighted by Gasteiger charge is 2.49. The Morgan fingerprint density at radius 2 is 2.07 bits per heavy atom. The third-order valence-corrected chi connectivity index (χ3v) is 2.82. The maximum absolute atomic E-state index is 12.7. The van der Waals surface area contributed by atoms with Crippen LogP contribution in [-0.2, 0) is 4.79 Å². The molecular weight excluding hydrogens is 209 g/mol. The lowest BCUT2D eigenvalue weighted by Crippen LogP contribution is -2.50. The number of halogens is 3. The average Bonchev–Trinajstić information content (AvgIpc) is 2.15. The molecule has 2 atom stereocenters. The van der Waals surface area contributed by atoms with Gasteiger partial charge in [0.15, 0.2) is 0 Å². The van der Waals surface area contributed by atoms with Gasteiger partial charge in [-0.1, -0.05) is 0 Å². The number of carbonyl (C=O) groups is 1. The van der Waals surface area contributed by atoms with Crippen molar-refractivity contribution in [3.63, 3.8) is 0 Å². The Labute approximate surface area is 86.6 Å². The van der Waals surface area contributed by atoms with Gasteiger partial charge in [0, 0.05) is 13.6 Å². The molecule has 3 nitrogen and oxygen atoms in total. The summed E-state index contributed by atoms with van der Waals surface area (Å²) >= 11 is 0. The number of piperidine rings is 1. The Bertz CT molecular complexity index is 242. The van der Waals surface area contributed by atoms with Gasteiger partial charge in [-0.15, -0.1) is 0 Å². The van der Waals surface area contributed by atoms with E-state index in [4.69, 9.17) is 0 Å². The number of carbonyl (C=O) groups excluding carboxylic acids is 1. The Hall–Kier alpha value is -0.780. The number of hydrogen-bond acceptors (Lipinski definition) is 2. The first-order valence-electron chi connectivity index (χ1n) is 4.83. The molecule has 1 rings (SSSR count). The Morgan fingerprint density at radius 3 is 2.53 bits per heavy atom. The number of nitrogens with zero attached hydrogens (tertiary/aromatic N) is 1. The average molecular weight is 224 g/mol. The normalized spacial score (nSPS) is 28.9. The van der Waals surface area contributed by atoms with Crippen LogP contribution in [0.5, 0.6) is 0 Å². The van der Waals surface area contributed by atoms with Gasteiger partial charge in [-0.05, 0) is 20.0 Å². The number of nitrogens with one attached hydrogen (secondary N) is 1. The summed E-state index contributed by atoms with van der Waals surface area (Å²) in [5, 5.41) is 2.29. The van der Waals surface area contributed by atoms with E-state index in [2.05, 4.69) is 5.32 Å². The summed E-state index contributed by atoms with van der Waals surface area (Å²) in [6.07, 6.45) is -4.04. The van der Waals surface area contributed by atoms with Gasteiger partial charge in [-0.3, -0.25) is 4.79 Å². The first-order valence-corrected chi connectivity index (χ1v) is 4.83. The summed E-state index contributed by atoms with van der Waals surface area (Å²) in [6, 6.07) is 0. The molecule has 0 aromatic rings. The Kier molecular flexibility index (Phi) is 3.59. The Morgan fingerprint density at radius 1 is 1.47 bits per heavy atom. The zero-order valence-corrected chi connectivity index (χ0v) is 8.77. The zero-order valence-electron chi connectivity index (χ0n) is 8.77. The van der Waals surface area contributed by atoms with Crippen LogP contribution in [-0.4, -0.2) is 44.2 Å². The van der Waals surface area contributed by atoms with Gasteiger partial charge in [0.05, 0.1) is 11.8 Å². The molecule has 1 fully saturated rings. The van der Waals surface area contributed by atoms with Crippen molar-refractivity contribution in [2.75, 3.05) is 27.2 Å². The van der Waals surface area contributed by atoms with Crippen LogP contribution in [0.2, 0.25) is 0 Å². The fraction of sp³-hybridized carbons (Fsp3) is 0.889. The lowest BCUT2D eigenvalue weighted by atomic mass is 9.84. The van der Waals surface area contributed by atoms with Crippen LogP contribution < -0.4 is 5.32 Å². The number of rotatable bonds is 1. The standard InChI is InChI=1S/C9H15F3N2O/c1-13-8(15)6-3-4-14(2)5-7(6)9(10,11)12/h6-7H,3-5H2,1-2H3,(H,13,15). The van der Waals surface area contributed by atoms with Crippen LogP contribution >= 0.6 is 0 Å². The van der Waals surface area contributed by atoms with Crippen LogP contribution in [0.4, 0.5) is 13.2 Å². The van der Waals surface area contributed by atoms with E-state index in [1.165, 1.54) is 7.05 Å². The van der Waals surface area contributed by atoms with Gasteiger partial charge >= 0.3 is 6.18 Å². The molecule has 15 heavy (non-hydrogen) atoms. The van der Waals surface area contributed by atoms with Gasteiger partial charge in [0.1, 0.15) is 0 Å². The molecule has 1 N–H and O–H groups in total. The highest BCUT2D eigenvalue weighted by atomic mass is 19.4. The molecule has 1 saturated heterocycles. The molecule has 0 aromatic carbocycles. The van der Waals surface area contributed by atoms with Gasteiger partial charge in [0.25, 0.3) is 0 Å². The van der Waals surface area contributed by atoms with E-state index in [0.717, 1.165) is 0 Å². The van der Waals surface area contributed by atoms with Crippen molar-refractivity contribution in [3.8, 4) is 0 Å². The second-order valence-electron chi connectivity index (χ2n) is 3.92. The summed E-state index contributed by atoms with van der Waals surface area (Å²) in [5.41, 5.74) is 0. The number of amides is 1. The van der Waals surface area contributed by atoms with Crippen molar-refractivity contribution in [1.29, 1.82) is 0 Å². The number of hydrogen-bond donors (Lipinski definition) is 1. The minimum atomic E-state index is -4.30. The molecular formula is C9H15F3N2O. The van der Waals surface area contributed by atoms with Crippen LogP contribution in [0.15, 0.2) is 0 Å². The molecule has 1 amide bonds. The molecule has 0 radical (unpaired) electrons. The zero-order chi connectivity index (χ0) is 11.6. The van der Waals surface area contributed by atoms with E-state index in [9.17, 15) is 18.0 Å². The molecule has 2 unspecified atom stereocenters. The maximum Gasteiger partial charge on any atom is 0.393 e.